The van der Waals surface area contributed by atoms with E-state index in [1.165, 1.54) is 23.8 Å². The molecular weight excluding hydrogens is 568 g/mol. The number of imidazole rings is 1. The van der Waals surface area contributed by atoms with E-state index in [4.69, 9.17) is 10.5 Å². The highest BCUT2D eigenvalue weighted by atomic mass is 19.1. The maximum atomic E-state index is 15.4. The second-order valence-corrected chi connectivity index (χ2v) is 12.2. The zero-order valence-electron chi connectivity index (χ0n) is 25.0. The van der Waals surface area contributed by atoms with Gasteiger partial charge in [-0.25, -0.2) is 18.6 Å². The van der Waals surface area contributed by atoms with Crippen LogP contribution in [-0.2, 0) is 10.3 Å². The Morgan fingerprint density at radius 3 is 2.57 bits per heavy atom. The number of rotatable bonds is 6. The molecule has 2 aliphatic carbocycles. The summed E-state index contributed by atoms with van der Waals surface area (Å²) in [5.74, 6) is -1.02. The molecule has 4 aromatic rings. The number of nitrogens with two attached hydrogens (primary N) is 1. The highest BCUT2D eigenvalue weighted by molar-refractivity contribution is 5.68. The summed E-state index contributed by atoms with van der Waals surface area (Å²) in [5.41, 5.74) is 7.81. The molecule has 0 radical (unpaired) electrons. The normalized spacial score (nSPS) is 23.1. The molecule has 6 rings (SSSR count). The van der Waals surface area contributed by atoms with Crippen LogP contribution in [0.3, 0.4) is 0 Å². The fraction of sp³-hybridized carbons (Fsp3) is 0.438. The second-order valence-electron chi connectivity index (χ2n) is 12.2. The van der Waals surface area contributed by atoms with E-state index in [0.717, 1.165) is 24.8 Å². The van der Waals surface area contributed by atoms with Gasteiger partial charge < -0.3 is 25.8 Å². The third kappa shape index (κ3) is 5.36. The quantitative estimate of drug-likeness (QED) is 0.263. The number of ether oxygens (including phenoxy) is 1. The topological polar surface area (TPSA) is 131 Å². The maximum Gasteiger partial charge on any atom is 0.409 e. The Hall–Kier alpha value is -4.16. The number of methoxy groups -OCH3 is 1. The van der Waals surface area contributed by atoms with Crippen LogP contribution < -0.4 is 11.1 Å². The lowest BCUT2D eigenvalue weighted by molar-refractivity contribution is 0.0438. The van der Waals surface area contributed by atoms with Crippen LogP contribution in [0.1, 0.15) is 62.5 Å². The maximum absolute atomic E-state index is 15.4. The number of aromatic nitrogens is 4. The summed E-state index contributed by atoms with van der Waals surface area (Å²) in [4.78, 5) is 22.6. The van der Waals surface area contributed by atoms with Crippen molar-refractivity contribution >= 4 is 23.2 Å². The van der Waals surface area contributed by atoms with E-state index in [9.17, 15) is 9.90 Å². The summed E-state index contributed by atoms with van der Waals surface area (Å²) < 4.78 is 37.2. The van der Waals surface area contributed by atoms with E-state index >= 15 is 8.78 Å². The lowest BCUT2D eigenvalue weighted by Crippen LogP contribution is -2.55. The number of hydrogen-bond donors (Lipinski definition) is 3. The van der Waals surface area contributed by atoms with E-state index in [0.29, 0.717) is 36.4 Å². The van der Waals surface area contributed by atoms with Crippen molar-refractivity contribution in [3.63, 3.8) is 0 Å². The Kier molecular flexibility index (Phi) is 7.97. The zero-order valence-corrected chi connectivity index (χ0v) is 25.0. The largest absolute Gasteiger partial charge is 0.453 e. The van der Waals surface area contributed by atoms with Gasteiger partial charge in [0.1, 0.15) is 11.6 Å². The van der Waals surface area contributed by atoms with Crippen molar-refractivity contribution in [3.8, 4) is 11.3 Å². The molecule has 0 bridgehead atoms. The third-order valence-electron chi connectivity index (χ3n) is 9.34. The number of fused-ring (bicyclic) bond motifs is 1. The van der Waals surface area contributed by atoms with Gasteiger partial charge in [0, 0.05) is 19.3 Å². The van der Waals surface area contributed by atoms with Gasteiger partial charge in [-0.2, -0.15) is 9.61 Å². The van der Waals surface area contributed by atoms with Gasteiger partial charge in [0.2, 0.25) is 5.95 Å². The van der Waals surface area contributed by atoms with Crippen LogP contribution in [0.25, 0.3) is 16.8 Å². The van der Waals surface area contributed by atoms with Crippen LogP contribution >= 0.6 is 0 Å². The first-order valence-corrected chi connectivity index (χ1v) is 14.9. The molecule has 0 saturated heterocycles. The molecule has 2 fully saturated rings. The molecule has 0 aliphatic heterocycles. The van der Waals surface area contributed by atoms with Gasteiger partial charge in [-0.1, -0.05) is 19.8 Å². The van der Waals surface area contributed by atoms with Crippen molar-refractivity contribution < 1.29 is 23.4 Å². The monoisotopic (exact) mass is 605 g/mol. The summed E-state index contributed by atoms with van der Waals surface area (Å²) >= 11 is 0. The summed E-state index contributed by atoms with van der Waals surface area (Å²) in [6, 6.07) is 7.19. The summed E-state index contributed by atoms with van der Waals surface area (Å²) in [7, 11) is 3.07. The molecule has 232 valence electrons. The molecule has 0 spiro atoms. The number of aliphatic hydroxyl groups is 1. The van der Waals surface area contributed by atoms with E-state index in [1.807, 2.05) is 6.07 Å². The number of hydrogen-bond acceptors (Lipinski definition) is 8. The number of anilines is 2. The van der Waals surface area contributed by atoms with Gasteiger partial charge in [0.25, 0.3) is 0 Å². The Labute approximate surface area is 254 Å². The predicted molar refractivity (Wildman–Crippen MR) is 161 cm³/mol. The van der Waals surface area contributed by atoms with Gasteiger partial charge in [-0.05, 0) is 79.0 Å². The third-order valence-corrected chi connectivity index (χ3v) is 9.34. The number of likely N-dealkylation sites (N-methyl/N-ethyl adjacent to an activating group) is 1. The van der Waals surface area contributed by atoms with Gasteiger partial charge in [0.05, 0.1) is 53.6 Å². The second kappa shape index (κ2) is 11.7. The first-order valence-electron chi connectivity index (χ1n) is 14.9. The minimum Gasteiger partial charge on any atom is -0.453 e. The van der Waals surface area contributed by atoms with Crippen LogP contribution in [0, 0.1) is 17.6 Å². The number of amides is 1. The minimum atomic E-state index is -1.21. The van der Waals surface area contributed by atoms with Crippen LogP contribution in [0.15, 0.2) is 48.9 Å². The smallest absolute Gasteiger partial charge is 0.409 e. The molecule has 2 saturated carbocycles. The van der Waals surface area contributed by atoms with Crippen molar-refractivity contribution in [2.45, 2.75) is 69.1 Å². The fourth-order valence-electron chi connectivity index (χ4n) is 7.19. The average Bonchev–Trinajstić information content (AvgIpc) is 3.63. The van der Waals surface area contributed by atoms with Crippen molar-refractivity contribution in [3.05, 3.63) is 71.7 Å². The molecule has 4 atom stereocenters. The highest BCUT2D eigenvalue weighted by Gasteiger charge is 2.39. The van der Waals surface area contributed by atoms with Crippen LogP contribution in [0.5, 0.6) is 0 Å². The van der Waals surface area contributed by atoms with E-state index in [1.54, 1.807) is 42.7 Å². The fourth-order valence-corrected chi connectivity index (χ4v) is 7.19. The summed E-state index contributed by atoms with van der Waals surface area (Å²) in [6.07, 6.45) is 8.64. The predicted octanol–water partition coefficient (Wildman–Crippen LogP) is 5.48. The van der Waals surface area contributed by atoms with Crippen LogP contribution in [-0.4, -0.2) is 61.9 Å². The molecule has 44 heavy (non-hydrogen) atoms. The zero-order chi connectivity index (χ0) is 31.2. The molecule has 2 aliphatic rings. The molecule has 3 heterocycles. The Balaban J connectivity index is 1.28. The van der Waals surface area contributed by atoms with Crippen molar-refractivity contribution in [1.29, 1.82) is 0 Å². The number of pyridine rings is 1. The number of halogens is 2. The number of benzene rings is 1. The summed E-state index contributed by atoms with van der Waals surface area (Å²) in [5, 5.41) is 18.7. The summed E-state index contributed by atoms with van der Waals surface area (Å²) in [6.45, 7) is 2.08. The van der Waals surface area contributed by atoms with Crippen molar-refractivity contribution in [2.24, 2.45) is 11.7 Å². The number of carbonyl (C=O) groups is 1. The lowest BCUT2D eigenvalue weighted by Gasteiger charge is -2.43. The molecule has 4 N–H and O–H groups in total. The van der Waals surface area contributed by atoms with E-state index in [2.05, 4.69) is 27.3 Å². The van der Waals surface area contributed by atoms with Crippen molar-refractivity contribution in [2.75, 3.05) is 19.5 Å². The molecule has 1 aromatic carbocycles. The Morgan fingerprint density at radius 1 is 1.16 bits per heavy atom. The number of nitrogens with one attached hydrogen (secondary N) is 1. The van der Waals surface area contributed by atoms with Gasteiger partial charge >= 0.3 is 6.09 Å². The molecular formula is C32H37F2N7O3. The average molecular weight is 606 g/mol. The van der Waals surface area contributed by atoms with Gasteiger partial charge in [-0.3, -0.25) is 4.98 Å². The van der Waals surface area contributed by atoms with Gasteiger partial charge in [-0.15, -0.1) is 0 Å². The van der Waals surface area contributed by atoms with Gasteiger partial charge in [0.15, 0.2) is 0 Å². The molecule has 10 nitrogen and oxygen atoms in total. The van der Waals surface area contributed by atoms with E-state index < -0.39 is 23.3 Å². The first-order chi connectivity index (χ1) is 21.1. The van der Waals surface area contributed by atoms with E-state index in [-0.39, 0.29) is 40.7 Å². The minimum absolute atomic E-state index is 0.0823. The first kappa shape index (κ1) is 29.9. The number of nitrogens with zero attached hydrogens (tertiary/aromatic N) is 5. The SMILES string of the molecule is COC(=O)N(C)[C@@H]1[C@H](N)C[C@H](c2ccncc2Nc2ncc3ccc(-c4c(F)cc(C5(O)CCCC5)cc4F)nn23)C[C@@H]1C. The molecule has 3 aromatic heterocycles. The molecule has 1 amide bonds. The van der Waals surface area contributed by atoms with Crippen LogP contribution in [0.4, 0.5) is 25.2 Å². The lowest BCUT2D eigenvalue weighted by atomic mass is 9.73. The standard InChI is InChI=1S/C32H37F2N7O3/c1-18-12-19(13-25(35)29(18)40(2)31(42)44-3)22-8-11-36-17-27(22)38-30-37-16-21-6-7-26(39-41(21)30)28-23(33)14-20(15-24(28)34)32(43)9-4-5-10-32/h6-8,11,14-19,25,29,43H,4-5,9-10,12-13,35H2,1-3H3,(H,37,38)/t18-,19+,25+,29-/m0/s1. The Morgan fingerprint density at radius 2 is 1.89 bits per heavy atom. The molecule has 12 heteroatoms. The Bertz CT molecular complexity index is 1650. The molecule has 0 unspecified atom stereocenters. The van der Waals surface area contributed by atoms with Crippen molar-refractivity contribution in [1.82, 2.24) is 24.5 Å². The number of carbonyl (C=O) groups excluding carboxylic acids is 1. The van der Waals surface area contributed by atoms with Crippen LogP contribution in [0.2, 0.25) is 0 Å². The highest BCUT2D eigenvalue weighted by Crippen LogP contribution is 2.42.